The number of nitrogens with two attached hydrogens (primary N) is 1. The van der Waals surface area contributed by atoms with Crippen molar-refractivity contribution >= 4 is 0 Å². The molecule has 1 aromatic heterocycles. The van der Waals surface area contributed by atoms with E-state index in [1.54, 1.807) is 19.2 Å². The number of halogens is 3. The van der Waals surface area contributed by atoms with Gasteiger partial charge in [-0.05, 0) is 12.1 Å². The van der Waals surface area contributed by atoms with Crippen LogP contribution in [0.4, 0.5) is 13.2 Å². The van der Waals surface area contributed by atoms with Crippen LogP contribution in [0.3, 0.4) is 0 Å². The lowest BCUT2D eigenvalue weighted by atomic mass is 10.0. The lowest BCUT2D eigenvalue weighted by Gasteiger charge is -2.20. The predicted octanol–water partition coefficient (Wildman–Crippen LogP) is 1.87. The molecule has 0 radical (unpaired) electrons. The van der Waals surface area contributed by atoms with Crippen molar-refractivity contribution in [1.29, 1.82) is 0 Å². The second-order valence-corrected chi connectivity index (χ2v) is 4.06. The number of alkyl halides is 3. The fourth-order valence-corrected chi connectivity index (χ4v) is 1.94. The second-order valence-electron chi connectivity index (χ2n) is 4.06. The summed E-state index contributed by atoms with van der Waals surface area (Å²) >= 11 is 0. The van der Waals surface area contributed by atoms with Crippen molar-refractivity contribution < 1.29 is 17.9 Å². The van der Waals surface area contributed by atoms with Gasteiger partial charge < -0.3 is 4.74 Å². The highest BCUT2D eigenvalue weighted by molar-refractivity contribution is 5.40. The van der Waals surface area contributed by atoms with Crippen LogP contribution in [0.25, 0.3) is 0 Å². The van der Waals surface area contributed by atoms with Crippen LogP contribution >= 0.6 is 0 Å². The third kappa shape index (κ3) is 3.09. The maximum Gasteiger partial charge on any atom is 0.573 e. The summed E-state index contributed by atoms with van der Waals surface area (Å²) in [5.41, 5.74) is 3.37. The summed E-state index contributed by atoms with van der Waals surface area (Å²) in [4.78, 5) is 0. The molecule has 0 fully saturated rings. The van der Waals surface area contributed by atoms with Crippen molar-refractivity contribution in [3.8, 4) is 5.75 Å². The van der Waals surface area contributed by atoms with Gasteiger partial charge in [0.05, 0.1) is 11.7 Å². The highest BCUT2D eigenvalue weighted by Crippen LogP contribution is 2.32. The van der Waals surface area contributed by atoms with Gasteiger partial charge in [-0.1, -0.05) is 18.2 Å². The van der Waals surface area contributed by atoms with Gasteiger partial charge in [0.2, 0.25) is 0 Å². The summed E-state index contributed by atoms with van der Waals surface area (Å²) in [6.45, 7) is 0. The number of hydrogen-bond acceptors (Lipinski definition) is 4. The van der Waals surface area contributed by atoms with Gasteiger partial charge in [0.1, 0.15) is 5.75 Å². The van der Waals surface area contributed by atoms with Crippen molar-refractivity contribution in [3.63, 3.8) is 0 Å². The first-order valence-electron chi connectivity index (χ1n) is 5.71. The zero-order chi connectivity index (χ0) is 14.8. The first-order chi connectivity index (χ1) is 9.42. The van der Waals surface area contributed by atoms with Gasteiger partial charge in [0.15, 0.2) is 0 Å². The van der Waals surface area contributed by atoms with Crippen LogP contribution in [0, 0.1) is 0 Å². The van der Waals surface area contributed by atoms with Crippen molar-refractivity contribution in [2.24, 2.45) is 12.9 Å². The topological polar surface area (TPSA) is 65.1 Å². The molecule has 5 nitrogen and oxygen atoms in total. The van der Waals surface area contributed by atoms with Crippen molar-refractivity contribution in [2.75, 3.05) is 0 Å². The molecule has 0 spiro atoms. The van der Waals surface area contributed by atoms with Gasteiger partial charge >= 0.3 is 6.36 Å². The van der Waals surface area contributed by atoms with Crippen LogP contribution in [0.5, 0.6) is 5.75 Å². The van der Waals surface area contributed by atoms with Gasteiger partial charge in [-0.3, -0.25) is 10.5 Å². The molecule has 1 atom stereocenters. The highest BCUT2D eigenvalue weighted by atomic mass is 19.4. The van der Waals surface area contributed by atoms with Crippen LogP contribution < -0.4 is 16.0 Å². The minimum atomic E-state index is -4.76. The van der Waals surface area contributed by atoms with E-state index < -0.39 is 12.4 Å². The molecule has 0 aliphatic carbocycles. The zero-order valence-corrected chi connectivity index (χ0v) is 10.6. The molecule has 3 N–H and O–H groups in total. The summed E-state index contributed by atoms with van der Waals surface area (Å²) in [7, 11) is 1.67. The predicted molar refractivity (Wildman–Crippen MR) is 65.5 cm³/mol. The number of aromatic nitrogens is 2. The van der Waals surface area contributed by atoms with Crippen LogP contribution in [0.15, 0.2) is 36.5 Å². The maximum atomic E-state index is 12.4. The summed E-state index contributed by atoms with van der Waals surface area (Å²) in [6, 6.07) is 6.82. The second kappa shape index (κ2) is 5.51. The Kier molecular flexibility index (Phi) is 3.96. The van der Waals surface area contributed by atoms with Crippen LogP contribution in [0.2, 0.25) is 0 Å². The highest BCUT2D eigenvalue weighted by Gasteiger charge is 2.33. The fraction of sp³-hybridized carbons (Fsp3) is 0.250. The average molecular weight is 286 g/mol. The Morgan fingerprint density at radius 1 is 1.30 bits per heavy atom. The molecule has 2 aromatic rings. The Bertz CT molecular complexity index is 582. The van der Waals surface area contributed by atoms with E-state index in [1.165, 1.54) is 29.1 Å². The third-order valence-corrected chi connectivity index (χ3v) is 2.78. The van der Waals surface area contributed by atoms with E-state index in [2.05, 4.69) is 15.3 Å². The first kappa shape index (κ1) is 14.4. The molecule has 1 aromatic carbocycles. The Morgan fingerprint density at radius 3 is 2.55 bits per heavy atom. The molecule has 0 aliphatic rings. The van der Waals surface area contributed by atoms with E-state index in [0.29, 0.717) is 5.69 Å². The summed E-state index contributed by atoms with van der Waals surface area (Å²) in [6.07, 6.45) is -3.23. The number of hydrazine groups is 1. The van der Waals surface area contributed by atoms with E-state index in [9.17, 15) is 13.2 Å². The van der Waals surface area contributed by atoms with Crippen molar-refractivity contribution in [3.05, 3.63) is 47.8 Å². The normalized spacial score (nSPS) is 13.2. The van der Waals surface area contributed by atoms with E-state index >= 15 is 0 Å². The molecule has 2 rings (SSSR count). The SMILES string of the molecule is Cn1nccc1C(NN)c1ccccc1OC(F)(F)F. The summed E-state index contributed by atoms with van der Waals surface area (Å²) in [5, 5.41) is 3.97. The van der Waals surface area contributed by atoms with Gasteiger partial charge in [-0.15, -0.1) is 13.2 Å². The lowest BCUT2D eigenvalue weighted by molar-refractivity contribution is -0.275. The monoisotopic (exact) mass is 286 g/mol. The molecule has 8 heteroatoms. The Labute approximate surface area is 113 Å². The van der Waals surface area contributed by atoms with E-state index in [0.717, 1.165) is 0 Å². The number of nitrogens with one attached hydrogen (secondary N) is 1. The molecule has 1 unspecified atom stereocenters. The number of ether oxygens (including phenoxy) is 1. The summed E-state index contributed by atoms with van der Waals surface area (Å²) < 4.78 is 42.8. The molecular weight excluding hydrogens is 273 g/mol. The van der Waals surface area contributed by atoms with Crippen molar-refractivity contribution in [1.82, 2.24) is 15.2 Å². The molecule has 108 valence electrons. The van der Waals surface area contributed by atoms with Gasteiger partial charge in [0.25, 0.3) is 0 Å². The number of aryl methyl sites for hydroxylation is 1. The number of para-hydroxylation sites is 1. The number of benzene rings is 1. The molecule has 0 amide bonds. The molecule has 0 bridgehead atoms. The molecule has 0 aliphatic heterocycles. The minimum Gasteiger partial charge on any atom is -0.405 e. The van der Waals surface area contributed by atoms with Crippen molar-refractivity contribution in [2.45, 2.75) is 12.4 Å². The van der Waals surface area contributed by atoms with Gasteiger partial charge in [0, 0.05) is 18.8 Å². The number of nitrogens with zero attached hydrogens (tertiary/aromatic N) is 2. The third-order valence-electron chi connectivity index (χ3n) is 2.78. The standard InChI is InChI=1S/C12H13F3N4O/c1-19-9(6-7-17-19)11(18-16)8-4-2-3-5-10(8)20-12(13,14)15/h2-7,11,18H,16H2,1H3. The van der Waals surface area contributed by atoms with Crippen LogP contribution in [-0.4, -0.2) is 16.1 Å². The first-order valence-corrected chi connectivity index (χ1v) is 5.71. The quantitative estimate of drug-likeness (QED) is 0.665. The summed E-state index contributed by atoms with van der Waals surface area (Å²) in [5.74, 6) is 5.17. The molecule has 20 heavy (non-hydrogen) atoms. The van der Waals surface area contributed by atoms with Crippen LogP contribution in [0.1, 0.15) is 17.3 Å². The van der Waals surface area contributed by atoms with Crippen LogP contribution in [-0.2, 0) is 7.05 Å². The smallest absolute Gasteiger partial charge is 0.405 e. The van der Waals surface area contributed by atoms with Gasteiger partial charge in [-0.25, -0.2) is 5.43 Å². The number of hydrogen-bond donors (Lipinski definition) is 2. The zero-order valence-electron chi connectivity index (χ0n) is 10.6. The average Bonchev–Trinajstić information content (AvgIpc) is 2.77. The maximum absolute atomic E-state index is 12.4. The molecule has 0 saturated carbocycles. The van der Waals surface area contributed by atoms with E-state index in [1.807, 2.05) is 0 Å². The molecular formula is C12H13F3N4O. The molecule has 1 heterocycles. The van der Waals surface area contributed by atoms with E-state index in [-0.39, 0.29) is 11.3 Å². The number of rotatable bonds is 4. The fourth-order valence-electron chi connectivity index (χ4n) is 1.94. The Hall–Kier alpha value is -2.06. The van der Waals surface area contributed by atoms with E-state index in [4.69, 9.17) is 5.84 Å². The Balaban J connectivity index is 2.43. The van der Waals surface area contributed by atoms with Gasteiger partial charge in [-0.2, -0.15) is 5.10 Å². The largest absolute Gasteiger partial charge is 0.573 e. The Morgan fingerprint density at radius 2 is 2.00 bits per heavy atom. The lowest BCUT2D eigenvalue weighted by Crippen LogP contribution is -2.31. The minimum absolute atomic E-state index is 0.274. The molecule has 0 saturated heterocycles.